The van der Waals surface area contributed by atoms with E-state index < -0.39 is 15.0 Å². The molecule has 0 aliphatic carbocycles. The van der Waals surface area contributed by atoms with Crippen molar-refractivity contribution in [1.82, 2.24) is 0 Å². The summed E-state index contributed by atoms with van der Waals surface area (Å²) in [4.78, 5) is 9.46. The highest BCUT2D eigenvalue weighted by Gasteiger charge is 2.13. The lowest BCUT2D eigenvalue weighted by Gasteiger charge is -2.04. The molecule has 0 radical (unpaired) electrons. The first-order valence-electron chi connectivity index (χ1n) is 4.58. The number of nitro groups is 1. The van der Waals surface area contributed by atoms with Crippen LogP contribution in [-0.4, -0.2) is 25.6 Å². The Hall–Kier alpha value is -1.63. The van der Waals surface area contributed by atoms with Gasteiger partial charge in [0.2, 0.25) is 6.54 Å². The average Bonchev–Trinajstić information content (AvgIpc) is 2.17. The zero-order chi connectivity index (χ0) is 12.0. The Labute approximate surface area is 93.1 Å². The summed E-state index contributed by atoms with van der Waals surface area (Å²) in [7, 11) is -3.73. The predicted octanol–water partition coefficient (Wildman–Crippen LogP) is 1.06. The van der Waals surface area contributed by atoms with Gasteiger partial charge < -0.3 is 4.18 Å². The molecule has 0 atom stereocenters. The van der Waals surface area contributed by atoms with Crippen molar-refractivity contribution in [2.45, 2.75) is 6.42 Å². The van der Waals surface area contributed by atoms with Gasteiger partial charge in [-0.2, -0.15) is 8.42 Å². The third kappa shape index (κ3) is 4.74. The maximum absolute atomic E-state index is 11.3. The zero-order valence-electron chi connectivity index (χ0n) is 8.40. The van der Waals surface area contributed by atoms with E-state index in [4.69, 9.17) is 4.18 Å². The Morgan fingerprint density at radius 1 is 1.25 bits per heavy atom. The molecule has 7 heteroatoms. The first-order chi connectivity index (χ1) is 7.49. The maximum Gasteiger partial charge on any atom is 0.309 e. The van der Waals surface area contributed by atoms with E-state index in [1.165, 1.54) is 12.1 Å². The van der Waals surface area contributed by atoms with Gasteiger partial charge in [-0.15, -0.1) is 0 Å². The van der Waals surface area contributed by atoms with Crippen molar-refractivity contribution in [2.24, 2.45) is 0 Å². The topological polar surface area (TPSA) is 86.5 Å². The second-order valence-electron chi connectivity index (χ2n) is 3.07. The lowest BCUT2D eigenvalue weighted by atomic mass is 10.3. The van der Waals surface area contributed by atoms with Crippen LogP contribution in [0.3, 0.4) is 0 Å². The van der Waals surface area contributed by atoms with Gasteiger partial charge in [0.25, 0.3) is 0 Å². The van der Waals surface area contributed by atoms with E-state index in [9.17, 15) is 18.5 Å². The fourth-order valence-corrected chi connectivity index (χ4v) is 2.01. The molecule has 0 N–H and O–H groups in total. The number of nitrogens with zero attached hydrogens (tertiary/aromatic N) is 1. The van der Waals surface area contributed by atoms with Gasteiger partial charge in [-0.25, -0.2) is 0 Å². The van der Waals surface area contributed by atoms with Crippen LogP contribution in [0.2, 0.25) is 0 Å². The molecule has 0 unspecified atom stereocenters. The molecule has 0 aromatic heterocycles. The molecule has 1 rings (SSSR count). The van der Waals surface area contributed by atoms with Gasteiger partial charge in [0.1, 0.15) is 5.75 Å². The lowest BCUT2D eigenvalue weighted by Crippen LogP contribution is -2.16. The fraction of sp³-hybridized carbons (Fsp3) is 0.333. The molecule has 1 aromatic rings. The SMILES string of the molecule is O=[N+]([O-])CCCS(=O)(=O)Oc1ccccc1. The molecule has 88 valence electrons. The third-order valence-corrected chi connectivity index (χ3v) is 2.94. The molecule has 0 spiro atoms. The van der Waals surface area contributed by atoms with Gasteiger partial charge in [0.05, 0.1) is 5.75 Å². The molecule has 6 nitrogen and oxygen atoms in total. The van der Waals surface area contributed by atoms with Crippen molar-refractivity contribution in [3.63, 3.8) is 0 Å². The van der Waals surface area contributed by atoms with Gasteiger partial charge in [-0.1, -0.05) is 18.2 Å². The summed E-state index contributed by atoms with van der Waals surface area (Å²) >= 11 is 0. The smallest absolute Gasteiger partial charge is 0.309 e. The third-order valence-electron chi connectivity index (χ3n) is 1.70. The molecule has 0 aliphatic heterocycles. The molecule has 0 saturated heterocycles. The van der Waals surface area contributed by atoms with E-state index in [1.54, 1.807) is 18.2 Å². The number of benzene rings is 1. The minimum absolute atomic E-state index is 0.0534. The molecule has 0 heterocycles. The van der Waals surface area contributed by atoms with Crippen molar-refractivity contribution in [3.8, 4) is 5.75 Å². The molecule has 0 saturated carbocycles. The van der Waals surface area contributed by atoms with Crippen molar-refractivity contribution in [1.29, 1.82) is 0 Å². The van der Waals surface area contributed by atoms with Crippen LogP contribution >= 0.6 is 0 Å². The molecule has 1 aromatic carbocycles. The van der Waals surface area contributed by atoms with Crippen LogP contribution in [-0.2, 0) is 10.1 Å². The monoisotopic (exact) mass is 245 g/mol. The second-order valence-corrected chi connectivity index (χ2v) is 4.76. The van der Waals surface area contributed by atoms with E-state index in [2.05, 4.69) is 0 Å². The minimum atomic E-state index is -3.73. The highest BCUT2D eigenvalue weighted by Crippen LogP contribution is 2.12. The van der Waals surface area contributed by atoms with Gasteiger partial charge in [-0.05, 0) is 12.1 Å². The van der Waals surface area contributed by atoms with E-state index in [-0.39, 0.29) is 24.5 Å². The van der Waals surface area contributed by atoms with Gasteiger partial charge in [0, 0.05) is 11.3 Å². The number of rotatable bonds is 6. The Kier molecular flexibility index (Phi) is 4.24. The standard InChI is InChI=1S/C9H11NO5S/c11-10(12)7-4-8-16(13,14)15-9-5-2-1-3-6-9/h1-3,5-6H,4,7-8H2. The molecular formula is C9H11NO5S. The summed E-state index contributed by atoms with van der Waals surface area (Å²) in [5, 5.41) is 10.0. The molecule has 0 fully saturated rings. The van der Waals surface area contributed by atoms with Crippen LogP contribution in [0.1, 0.15) is 6.42 Å². The highest BCUT2D eigenvalue weighted by molar-refractivity contribution is 7.87. The minimum Gasteiger partial charge on any atom is -0.382 e. The summed E-state index contributed by atoms with van der Waals surface area (Å²) in [6.07, 6.45) is -0.0534. The van der Waals surface area contributed by atoms with Crippen LogP contribution < -0.4 is 4.18 Å². The van der Waals surface area contributed by atoms with Crippen molar-refractivity contribution >= 4 is 10.1 Å². The van der Waals surface area contributed by atoms with Gasteiger partial charge in [-0.3, -0.25) is 10.1 Å². The Bertz CT molecular complexity index is 442. The van der Waals surface area contributed by atoms with E-state index in [1.807, 2.05) is 0 Å². The van der Waals surface area contributed by atoms with Crippen molar-refractivity contribution in [2.75, 3.05) is 12.3 Å². The van der Waals surface area contributed by atoms with Crippen LogP contribution in [0.25, 0.3) is 0 Å². The van der Waals surface area contributed by atoms with Crippen LogP contribution in [0.4, 0.5) is 0 Å². The number of hydrogen-bond acceptors (Lipinski definition) is 5. The van der Waals surface area contributed by atoms with Crippen LogP contribution in [0.5, 0.6) is 5.75 Å². The molecule has 0 bridgehead atoms. The summed E-state index contributed by atoms with van der Waals surface area (Å²) in [5.74, 6) is -0.147. The van der Waals surface area contributed by atoms with Crippen molar-refractivity contribution in [3.05, 3.63) is 40.4 Å². The van der Waals surface area contributed by atoms with Gasteiger partial charge in [0.15, 0.2) is 0 Å². The van der Waals surface area contributed by atoms with Crippen molar-refractivity contribution < 1.29 is 17.5 Å². The van der Waals surface area contributed by atoms with Crippen LogP contribution in [0, 0.1) is 10.1 Å². The van der Waals surface area contributed by atoms with Crippen LogP contribution in [0.15, 0.2) is 30.3 Å². The highest BCUT2D eigenvalue weighted by atomic mass is 32.2. The average molecular weight is 245 g/mol. The summed E-state index contributed by atoms with van der Waals surface area (Å²) in [5.41, 5.74) is 0. The number of para-hydroxylation sites is 1. The first-order valence-corrected chi connectivity index (χ1v) is 6.16. The summed E-state index contributed by atoms with van der Waals surface area (Å²) < 4.78 is 27.4. The van der Waals surface area contributed by atoms with E-state index in [0.717, 1.165) is 0 Å². The molecular weight excluding hydrogens is 234 g/mol. The maximum atomic E-state index is 11.3. The van der Waals surface area contributed by atoms with E-state index >= 15 is 0 Å². The number of hydrogen-bond donors (Lipinski definition) is 0. The molecule has 0 aliphatic rings. The fourth-order valence-electron chi connectivity index (χ4n) is 1.03. The summed E-state index contributed by atoms with van der Waals surface area (Å²) in [6, 6.07) is 8.02. The Morgan fingerprint density at radius 2 is 1.88 bits per heavy atom. The Morgan fingerprint density at radius 3 is 2.44 bits per heavy atom. The lowest BCUT2D eigenvalue weighted by molar-refractivity contribution is -0.479. The normalized spacial score (nSPS) is 11.0. The van der Waals surface area contributed by atoms with Gasteiger partial charge >= 0.3 is 10.1 Å². The Balaban J connectivity index is 2.49. The quantitative estimate of drug-likeness (QED) is 0.425. The first kappa shape index (κ1) is 12.4. The second kappa shape index (κ2) is 5.45. The summed E-state index contributed by atoms with van der Waals surface area (Å²) in [6.45, 7) is -0.378. The molecule has 16 heavy (non-hydrogen) atoms. The largest absolute Gasteiger partial charge is 0.382 e. The molecule has 0 amide bonds. The van der Waals surface area contributed by atoms with E-state index in [0.29, 0.717) is 0 Å². The zero-order valence-corrected chi connectivity index (χ0v) is 9.22. The predicted molar refractivity (Wildman–Crippen MR) is 57.3 cm³/mol.